The number of anilines is 2. The number of nitrogens with one attached hydrogen (secondary N) is 1. The molecule has 0 atom stereocenters. The zero-order valence-corrected chi connectivity index (χ0v) is 11.6. The predicted molar refractivity (Wildman–Crippen MR) is 79.2 cm³/mol. The summed E-state index contributed by atoms with van der Waals surface area (Å²) in [5.41, 5.74) is 7.59. The summed E-state index contributed by atoms with van der Waals surface area (Å²) in [5.74, 6) is -0.143. The van der Waals surface area contributed by atoms with Gasteiger partial charge in [-0.2, -0.15) is 0 Å². The van der Waals surface area contributed by atoms with E-state index in [9.17, 15) is 13.2 Å². The number of nitrogens with two attached hydrogens (primary N) is 1. The Morgan fingerprint density at radius 3 is 1.85 bits per heavy atom. The highest BCUT2D eigenvalue weighted by atomic mass is 32.2. The Balaban J connectivity index is 2.21. The molecular formula is C14H14N2O3S. The number of hydrogen-bond donors (Lipinski definition) is 2. The van der Waals surface area contributed by atoms with E-state index in [-0.39, 0.29) is 5.78 Å². The van der Waals surface area contributed by atoms with Crippen LogP contribution in [0, 0.1) is 0 Å². The fourth-order valence-electron chi connectivity index (χ4n) is 1.70. The Bertz CT molecular complexity index is 720. The molecule has 0 unspecified atom stereocenters. The Kier molecular flexibility index (Phi) is 3.76. The topological polar surface area (TPSA) is 89.3 Å². The maximum atomic E-state index is 12.2. The molecule has 2 rings (SSSR count). The fraction of sp³-hybridized carbons (Fsp3) is 0.0714. The molecule has 0 radical (unpaired) electrons. The summed E-state index contributed by atoms with van der Waals surface area (Å²) in [4.78, 5) is 12.2. The van der Waals surface area contributed by atoms with Crippen molar-refractivity contribution in [2.24, 2.45) is 0 Å². The summed E-state index contributed by atoms with van der Waals surface area (Å²) in [7, 11) is -3.32. The third-order valence-electron chi connectivity index (χ3n) is 2.62. The van der Waals surface area contributed by atoms with Crippen molar-refractivity contribution in [1.29, 1.82) is 0 Å². The SMILES string of the molecule is CS(=O)(=O)Nc1ccc(C(=O)c2ccc(N)cc2)cc1. The molecule has 0 spiro atoms. The highest BCUT2D eigenvalue weighted by molar-refractivity contribution is 7.92. The highest BCUT2D eigenvalue weighted by Crippen LogP contribution is 2.15. The quantitative estimate of drug-likeness (QED) is 0.664. The molecule has 0 aliphatic carbocycles. The third kappa shape index (κ3) is 3.58. The number of carbonyl (C=O) groups is 1. The summed E-state index contributed by atoms with van der Waals surface area (Å²) >= 11 is 0. The Hall–Kier alpha value is -2.34. The average molecular weight is 290 g/mol. The minimum atomic E-state index is -3.32. The van der Waals surface area contributed by atoms with Gasteiger partial charge in [0.2, 0.25) is 10.0 Å². The van der Waals surface area contributed by atoms with Gasteiger partial charge in [-0.1, -0.05) is 0 Å². The third-order valence-corrected chi connectivity index (χ3v) is 3.23. The summed E-state index contributed by atoms with van der Waals surface area (Å²) in [6.07, 6.45) is 1.07. The average Bonchev–Trinajstić information content (AvgIpc) is 2.38. The van der Waals surface area contributed by atoms with Crippen LogP contribution >= 0.6 is 0 Å². The van der Waals surface area contributed by atoms with Crippen molar-refractivity contribution in [2.45, 2.75) is 0 Å². The van der Waals surface area contributed by atoms with Crippen LogP contribution in [0.25, 0.3) is 0 Å². The van der Waals surface area contributed by atoms with Crippen molar-refractivity contribution >= 4 is 27.2 Å². The van der Waals surface area contributed by atoms with E-state index in [1.165, 1.54) is 0 Å². The van der Waals surface area contributed by atoms with Gasteiger partial charge in [0.05, 0.1) is 6.26 Å². The van der Waals surface area contributed by atoms with Gasteiger partial charge in [-0.15, -0.1) is 0 Å². The summed E-state index contributed by atoms with van der Waals surface area (Å²) in [6.45, 7) is 0. The maximum Gasteiger partial charge on any atom is 0.229 e. The lowest BCUT2D eigenvalue weighted by Gasteiger charge is -2.05. The number of sulfonamides is 1. The Morgan fingerprint density at radius 1 is 0.950 bits per heavy atom. The highest BCUT2D eigenvalue weighted by Gasteiger charge is 2.09. The van der Waals surface area contributed by atoms with Crippen molar-refractivity contribution in [2.75, 3.05) is 16.7 Å². The smallest absolute Gasteiger partial charge is 0.229 e. The van der Waals surface area contributed by atoms with Gasteiger partial charge in [0.1, 0.15) is 0 Å². The minimum absolute atomic E-state index is 0.143. The van der Waals surface area contributed by atoms with Crippen LogP contribution < -0.4 is 10.5 Å². The number of nitrogen functional groups attached to an aromatic ring is 1. The number of benzene rings is 2. The molecule has 3 N–H and O–H groups in total. The first-order chi connectivity index (χ1) is 9.35. The van der Waals surface area contributed by atoms with Gasteiger partial charge in [0, 0.05) is 22.5 Å². The molecule has 0 aliphatic heterocycles. The first-order valence-electron chi connectivity index (χ1n) is 5.83. The second-order valence-electron chi connectivity index (χ2n) is 4.40. The van der Waals surface area contributed by atoms with E-state index in [4.69, 9.17) is 5.73 Å². The van der Waals surface area contributed by atoms with Crippen LogP contribution in [0.5, 0.6) is 0 Å². The molecule has 0 saturated heterocycles. The molecule has 20 heavy (non-hydrogen) atoms. The van der Waals surface area contributed by atoms with Crippen LogP contribution in [0.3, 0.4) is 0 Å². The second kappa shape index (κ2) is 5.34. The zero-order chi connectivity index (χ0) is 14.8. The van der Waals surface area contributed by atoms with Crippen LogP contribution in [-0.2, 0) is 10.0 Å². The molecule has 0 aromatic heterocycles. The van der Waals surface area contributed by atoms with Gasteiger partial charge >= 0.3 is 0 Å². The monoisotopic (exact) mass is 290 g/mol. The lowest BCUT2D eigenvalue weighted by Crippen LogP contribution is -2.09. The summed E-state index contributed by atoms with van der Waals surface area (Å²) in [6, 6.07) is 12.9. The van der Waals surface area contributed by atoms with Crippen LogP contribution in [0.15, 0.2) is 48.5 Å². The van der Waals surface area contributed by atoms with E-state index in [0.29, 0.717) is 22.5 Å². The molecule has 0 saturated carbocycles. The van der Waals surface area contributed by atoms with E-state index >= 15 is 0 Å². The Labute approximate surface area is 117 Å². The molecule has 104 valence electrons. The molecular weight excluding hydrogens is 276 g/mol. The normalized spacial score (nSPS) is 11.1. The van der Waals surface area contributed by atoms with Gasteiger partial charge in [0.15, 0.2) is 5.78 Å². The molecule has 0 aliphatic rings. The van der Waals surface area contributed by atoms with Gasteiger partial charge in [-0.3, -0.25) is 9.52 Å². The molecule has 0 amide bonds. The van der Waals surface area contributed by atoms with Crippen molar-refractivity contribution in [3.8, 4) is 0 Å². The lowest BCUT2D eigenvalue weighted by molar-refractivity contribution is 0.103. The molecule has 0 heterocycles. The molecule has 6 heteroatoms. The molecule has 0 bridgehead atoms. The number of ketones is 1. The van der Waals surface area contributed by atoms with Crippen LogP contribution in [0.2, 0.25) is 0 Å². The second-order valence-corrected chi connectivity index (χ2v) is 6.15. The Morgan fingerprint density at radius 2 is 1.40 bits per heavy atom. The van der Waals surface area contributed by atoms with E-state index in [1.54, 1.807) is 48.5 Å². The maximum absolute atomic E-state index is 12.2. The summed E-state index contributed by atoms with van der Waals surface area (Å²) < 4.78 is 24.5. The predicted octanol–water partition coefficient (Wildman–Crippen LogP) is 1.87. The number of rotatable bonds is 4. The van der Waals surface area contributed by atoms with Gasteiger partial charge in [-0.25, -0.2) is 8.42 Å². The molecule has 0 fully saturated rings. The zero-order valence-electron chi connectivity index (χ0n) is 10.8. The van der Waals surface area contributed by atoms with Crippen molar-refractivity contribution in [1.82, 2.24) is 0 Å². The van der Waals surface area contributed by atoms with Crippen LogP contribution in [0.1, 0.15) is 15.9 Å². The van der Waals surface area contributed by atoms with Crippen molar-refractivity contribution < 1.29 is 13.2 Å². The molecule has 2 aromatic carbocycles. The van der Waals surface area contributed by atoms with Crippen molar-refractivity contribution in [3.05, 3.63) is 59.7 Å². The van der Waals surface area contributed by atoms with E-state index in [2.05, 4.69) is 4.72 Å². The van der Waals surface area contributed by atoms with E-state index < -0.39 is 10.0 Å². The van der Waals surface area contributed by atoms with E-state index in [0.717, 1.165) is 6.26 Å². The van der Waals surface area contributed by atoms with Crippen LogP contribution in [0.4, 0.5) is 11.4 Å². The lowest BCUT2D eigenvalue weighted by atomic mass is 10.0. The largest absolute Gasteiger partial charge is 0.399 e. The van der Waals surface area contributed by atoms with Gasteiger partial charge < -0.3 is 5.73 Å². The fourth-order valence-corrected chi connectivity index (χ4v) is 2.27. The molecule has 5 nitrogen and oxygen atoms in total. The van der Waals surface area contributed by atoms with Crippen LogP contribution in [-0.4, -0.2) is 20.5 Å². The van der Waals surface area contributed by atoms with Gasteiger partial charge in [0.25, 0.3) is 0 Å². The standard InChI is InChI=1S/C14H14N2O3S/c1-20(18,19)16-13-8-4-11(5-9-13)14(17)10-2-6-12(15)7-3-10/h2-9,16H,15H2,1H3. The molecule has 2 aromatic rings. The first kappa shape index (κ1) is 14.1. The number of hydrogen-bond acceptors (Lipinski definition) is 4. The first-order valence-corrected chi connectivity index (χ1v) is 7.72. The van der Waals surface area contributed by atoms with Crippen molar-refractivity contribution in [3.63, 3.8) is 0 Å². The summed E-state index contributed by atoms with van der Waals surface area (Å²) in [5, 5.41) is 0. The number of carbonyl (C=O) groups excluding carboxylic acids is 1. The van der Waals surface area contributed by atoms with E-state index in [1.807, 2.05) is 0 Å². The van der Waals surface area contributed by atoms with Gasteiger partial charge in [-0.05, 0) is 48.5 Å². The minimum Gasteiger partial charge on any atom is -0.399 e.